The lowest BCUT2D eigenvalue weighted by Gasteiger charge is -2.43. The number of carbonyl (C=O) groups excluding carboxylic acids is 1. The quantitative estimate of drug-likeness (QED) is 0.750. The van der Waals surface area contributed by atoms with E-state index in [-0.39, 0.29) is 6.04 Å². The minimum absolute atomic E-state index is 0.0512. The molecule has 0 radical (unpaired) electrons. The van der Waals surface area contributed by atoms with E-state index in [2.05, 4.69) is 46.9 Å². The zero-order valence-electron chi connectivity index (χ0n) is 18.3. The molecule has 0 spiro atoms. The fourth-order valence-corrected chi connectivity index (χ4v) is 5.05. The van der Waals surface area contributed by atoms with Crippen LogP contribution in [-0.4, -0.2) is 76.2 Å². The summed E-state index contributed by atoms with van der Waals surface area (Å²) in [5.41, 5.74) is 1.31. The summed E-state index contributed by atoms with van der Waals surface area (Å²) in [5.74, 6) is 0.841. The van der Waals surface area contributed by atoms with Gasteiger partial charge in [0.2, 0.25) is 5.91 Å². The number of hydrogen-bond donors (Lipinski definition) is 0. The first kappa shape index (κ1) is 21.3. The first-order chi connectivity index (χ1) is 13.5. The summed E-state index contributed by atoms with van der Waals surface area (Å²) >= 11 is 0. The Morgan fingerprint density at radius 2 is 1.93 bits per heavy atom. The highest BCUT2D eigenvalue weighted by Gasteiger charge is 2.35. The van der Waals surface area contributed by atoms with Crippen LogP contribution >= 0.6 is 0 Å². The Morgan fingerprint density at radius 3 is 2.54 bits per heavy atom. The molecule has 6 nitrogen and oxygen atoms in total. The van der Waals surface area contributed by atoms with Crippen molar-refractivity contribution >= 4 is 5.91 Å². The maximum atomic E-state index is 13.1. The lowest BCUT2D eigenvalue weighted by Crippen LogP contribution is -2.49. The van der Waals surface area contributed by atoms with E-state index in [1.807, 2.05) is 17.9 Å². The number of likely N-dealkylation sites (tertiary alicyclic amines) is 2. The predicted molar refractivity (Wildman–Crippen MR) is 113 cm³/mol. The SMILES string of the molecule is CCN1CCC[C@@H](CN(C)[C@H](C)C(=O)N2CCCCCC2)[C@@H]1c1cnn(C)c1. The first-order valence-electron chi connectivity index (χ1n) is 11.2. The van der Waals surface area contributed by atoms with Crippen molar-refractivity contribution in [3.63, 3.8) is 0 Å². The molecule has 6 heteroatoms. The van der Waals surface area contributed by atoms with E-state index >= 15 is 0 Å². The summed E-state index contributed by atoms with van der Waals surface area (Å²) in [6.45, 7) is 9.37. The topological polar surface area (TPSA) is 44.6 Å². The van der Waals surface area contributed by atoms with E-state index in [0.29, 0.717) is 17.9 Å². The van der Waals surface area contributed by atoms with Gasteiger partial charge in [-0.15, -0.1) is 0 Å². The Morgan fingerprint density at radius 1 is 1.21 bits per heavy atom. The minimum atomic E-state index is -0.0512. The molecule has 0 aromatic carbocycles. The molecule has 0 saturated carbocycles. The summed E-state index contributed by atoms with van der Waals surface area (Å²) in [7, 11) is 4.12. The van der Waals surface area contributed by atoms with Crippen molar-refractivity contribution < 1.29 is 4.79 Å². The van der Waals surface area contributed by atoms with Crippen LogP contribution in [0.2, 0.25) is 0 Å². The maximum absolute atomic E-state index is 13.1. The smallest absolute Gasteiger partial charge is 0.239 e. The molecule has 158 valence electrons. The summed E-state index contributed by atoms with van der Waals surface area (Å²) in [6, 6.07) is 0.347. The summed E-state index contributed by atoms with van der Waals surface area (Å²) in [6.07, 6.45) is 11.5. The number of hydrogen-bond acceptors (Lipinski definition) is 4. The molecule has 0 unspecified atom stereocenters. The van der Waals surface area contributed by atoms with E-state index in [4.69, 9.17) is 0 Å². The van der Waals surface area contributed by atoms with Gasteiger partial charge in [-0.1, -0.05) is 19.8 Å². The third-order valence-corrected chi connectivity index (χ3v) is 6.79. The zero-order valence-corrected chi connectivity index (χ0v) is 18.3. The Bertz CT molecular complexity index is 622. The Balaban J connectivity index is 1.67. The van der Waals surface area contributed by atoms with Gasteiger partial charge in [-0.3, -0.25) is 19.3 Å². The molecule has 2 fully saturated rings. The predicted octanol–water partition coefficient (Wildman–Crippen LogP) is 2.92. The molecule has 1 aromatic rings. The summed E-state index contributed by atoms with van der Waals surface area (Å²) in [4.78, 5) is 20.0. The molecule has 3 atom stereocenters. The molecular weight excluding hydrogens is 350 g/mol. The molecule has 3 heterocycles. The Labute approximate surface area is 170 Å². The molecular formula is C22H39N5O. The van der Waals surface area contributed by atoms with Crippen LogP contribution in [0.1, 0.15) is 64.0 Å². The highest BCUT2D eigenvalue weighted by Crippen LogP contribution is 2.36. The third-order valence-electron chi connectivity index (χ3n) is 6.79. The Hall–Kier alpha value is -1.40. The van der Waals surface area contributed by atoms with Gasteiger partial charge in [0.05, 0.1) is 12.2 Å². The molecule has 1 aromatic heterocycles. The van der Waals surface area contributed by atoms with Crippen LogP contribution in [0.4, 0.5) is 0 Å². The minimum Gasteiger partial charge on any atom is -0.341 e. The van der Waals surface area contributed by atoms with Crippen molar-refractivity contribution in [3.05, 3.63) is 18.0 Å². The standard InChI is InChI=1S/C22H39N5O/c1-5-26-14-10-11-19(21(26)20-15-23-25(4)17-20)16-24(3)18(2)22(28)27-12-8-6-7-9-13-27/h15,17-19,21H,5-14,16H2,1-4H3/t18-,19+,21-/m1/s1. The van der Waals surface area contributed by atoms with Crippen LogP contribution in [0.25, 0.3) is 0 Å². The second-order valence-electron chi connectivity index (χ2n) is 8.78. The van der Waals surface area contributed by atoms with Gasteiger partial charge in [-0.05, 0) is 58.7 Å². The monoisotopic (exact) mass is 389 g/mol. The van der Waals surface area contributed by atoms with Gasteiger partial charge >= 0.3 is 0 Å². The number of nitrogens with zero attached hydrogens (tertiary/aromatic N) is 5. The molecule has 2 aliphatic heterocycles. The van der Waals surface area contributed by atoms with E-state index in [1.165, 1.54) is 31.2 Å². The normalized spacial score (nSPS) is 25.7. The molecule has 2 saturated heterocycles. The zero-order chi connectivity index (χ0) is 20.1. The van der Waals surface area contributed by atoms with E-state index in [0.717, 1.165) is 45.6 Å². The van der Waals surface area contributed by atoms with E-state index in [9.17, 15) is 4.79 Å². The number of aromatic nitrogens is 2. The molecule has 1 amide bonds. The number of rotatable bonds is 6. The van der Waals surface area contributed by atoms with Gasteiger partial charge in [-0.2, -0.15) is 5.10 Å². The number of piperidine rings is 1. The van der Waals surface area contributed by atoms with Gasteiger partial charge in [-0.25, -0.2) is 0 Å². The number of carbonyl (C=O) groups is 1. The van der Waals surface area contributed by atoms with Gasteiger partial charge in [0.15, 0.2) is 0 Å². The Kier molecular flexibility index (Phi) is 7.52. The van der Waals surface area contributed by atoms with Crippen molar-refractivity contribution in [2.24, 2.45) is 13.0 Å². The average molecular weight is 390 g/mol. The van der Waals surface area contributed by atoms with Crippen molar-refractivity contribution in [1.29, 1.82) is 0 Å². The van der Waals surface area contributed by atoms with Crippen molar-refractivity contribution in [3.8, 4) is 0 Å². The number of likely N-dealkylation sites (N-methyl/N-ethyl adjacent to an activating group) is 1. The average Bonchev–Trinajstić information content (AvgIpc) is 2.95. The second kappa shape index (κ2) is 9.88. The van der Waals surface area contributed by atoms with E-state index < -0.39 is 0 Å². The maximum Gasteiger partial charge on any atom is 0.239 e. The molecule has 0 aliphatic carbocycles. The molecule has 0 bridgehead atoms. The van der Waals surface area contributed by atoms with Crippen LogP contribution in [0.3, 0.4) is 0 Å². The molecule has 3 rings (SSSR count). The van der Waals surface area contributed by atoms with Crippen molar-refractivity contribution in [2.75, 3.05) is 39.8 Å². The van der Waals surface area contributed by atoms with Crippen LogP contribution in [0, 0.1) is 5.92 Å². The third kappa shape index (κ3) is 4.95. The lowest BCUT2D eigenvalue weighted by molar-refractivity contribution is -0.136. The van der Waals surface area contributed by atoms with E-state index in [1.54, 1.807) is 0 Å². The second-order valence-corrected chi connectivity index (χ2v) is 8.78. The fraction of sp³-hybridized carbons (Fsp3) is 0.818. The highest BCUT2D eigenvalue weighted by molar-refractivity contribution is 5.81. The fourth-order valence-electron chi connectivity index (χ4n) is 5.05. The van der Waals surface area contributed by atoms with Crippen LogP contribution in [-0.2, 0) is 11.8 Å². The summed E-state index contributed by atoms with van der Waals surface area (Å²) in [5, 5.41) is 4.42. The highest BCUT2D eigenvalue weighted by atomic mass is 16.2. The van der Waals surface area contributed by atoms with Gasteiger partial charge in [0.1, 0.15) is 0 Å². The summed E-state index contributed by atoms with van der Waals surface area (Å²) < 4.78 is 1.91. The van der Waals surface area contributed by atoms with Crippen molar-refractivity contribution in [2.45, 2.75) is 64.5 Å². The first-order valence-corrected chi connectivity index (χ1v) is 11.2. The number of aryl methyl sites for hydroxylation is 1. The van der Waals surface area contributed by atoms with Gasteiger partial charge in [0, 0.05) is 44.5 Å². The largest absolute Gasteiger partial charge is 0.341 e. The lowest BCUT2D eigenvalue weighted by atomic mass is 9.85. The molecule has 2 aliphatic rings. The van der Waals surface area contributed by atoms with Crippen molar-refractivity contribution in [1.82, 2.24) is 24.5 Å². The van der Waals surface area contributed by atoms with Crippen LogP contribution < -0.4 is 0 Å². The van der Waals surface area contributed by atoms with Crippen LogP contribution in [0.15, 0.2) is 12.4 Å². The van der Waals surface area contributed by atoms with Gasteiger partial charge in [0.25, 0.3) is 0 Å². The molecule has 0 N–H and O–H groups in total. The van der Waals surface area contributed by atoms with Crippen LogP contribution in [0.5, 0.6) is 0 Å². The van der Waals surface area contributed by atoms with Gasteiger partial charge < -0.3 is 4.90 Å². The number of amides is 1. The molecule has 28 heavy (non-hydrogen) atoms.